The summed E-state index contributed by atoms with van der Waals surface area (Å²) in [6.45, 7) is 0. The number of carbonyl (C=O) groups is 1. The predicted octanol–water partition coefficient (Wildman–Crippen LogP) is 3.07. The van der Waals surface area contributed by atoms with Gasteiger partial charge in [-0.25, -0.2) is 4.79 Å². The minimum atomic E-state index is -1.08. The maximum atomic E-state index is 10.5. The van der Waals surface area contributed by atoms with Crippen molar-refractivity contribution in [2.75, 3.05) is 0 Å². The SMILES string of the molecule is O=C(O)/C(Br)=C(\Cl)c1ccccc1. The van der Waals surface area contributed by atoms with Crippen molar-refractivity contribution >= 4 is 38.5 Å². The van der Waals surface area contributed by atoms with E-state index in [2.05, 4.69) is 15.9 Å². The van der Waals surface area contributed by atoms with E-state index in [1.54, 1.807) is 24.3 Å². The molecular formula is C9H6BrClO2. The highest BCUT2D eigenvalue weighted by molar-refractivity contribution is 9.12. The highest BCUT2D eigenvalue weighted by Crippen LogP contribution is 2.26. The third-order valence-electron chi connectivity index (χ3n) is 1.41. The fraction of sp³-hybridized carbons (Fsp3) is 0. The summed E-state index contributed by atoms with van der Waals surface area (Å²) in [6, 6.07) is 8.90. The van der Waals surface area contributed by atoms with Gasteiger partial charge in [-0.1, -0.05) is 41.9 Å². The van der Waals surface area contributed by atoms with Gasteiger partial charge in [0, 0.05) is 0 Å². The number of hydrogen-bond donors (Lipinski definition) is 1. The van der Waals surface area contributed by atoms with Crippen molar-refractivity contribution < 1.29 is 9.90 Å². The van der Waals surface area contributed by atoms with Gasteiger partial charge in [-0.2, -0.15) is 0 Å². The summed E-state index contributed by atoms with van der Waals surface area (Å²) in [5.74, 6) is -1.08. The standard InChI is InChI=1S/C9H6BrClO2/c10-7(9(12)13)8(11)6-4-2-1-3-5-6/h1-5H,(H,12,13)/b8-7+. The number of rotatable bonds is 2. The summed E-state index contributed by atoms with van der Waals surface area (Å²) in [4.78, 5) is 10.5. The van der Waals surface area contributed by atoms with Gasteiger partial charge in [0.25, 0.3) is 0 Å². The van der Waals surface area contributed by atoms with Crippen molar-refractivity contribution in [1.29, 1.82) is 0 Å². The van der Waals surface area contributed by atoms with Crippen LogP contribution in [0.15, 0.2) is 34.8 Å². The molecule has 0 aliphatic carbocycles. The second kappa shape index (κ2) is 4.44. The molecule has 2 nitrogen and oxygen atoms in total. The van der Waals surface area contributed by atoms with E-state index in [1.807, 2.05) is 6.07 Å². The summed E-state index contributed by atoms with van der Waals surface area (Å²) < 4.78 is -0.0274. The Morgan fingerprint density at radius 1 is 1.31 bits per heavy atom. The first kappa shape index (κ1) is 10.3. The molecule has 0 fully saturated rings. The third-order valence-corrected chi connectivity index (χ3v) is 2.78. The number of halogens is 2. The molecule has 0 saturated carbocycles. The molecule has 1 N–H and O–H groups in total. The second-order valence-electron chi connectivity index (χ2n) is 2.30. The Kier molecular flexibility index (Phi) is 3.51. The molecule has 1 aromatic rings. The smallest absolute Gasteiger partial charge is 0.344 e. The van der Waals surface area contributed by atoms with Crippen molar-refractivity contribution in [3.63, 3.8) is 0 Å². The van der Waals surface area contributed by atoms with Gasteiger partial charge in [-0.15, -0.1) is 0 Å². The highest BCUT2D eigenvalue weighted by Gasteiger charge is 2.10. The Morgan fingerprint density at radius 2 is 1.85 bits per heavy atom. The molecule has 0 amide bonds. The normalized spacial score (nSPS) is 12.2. The predicted molar refractivity (Wildman–Crippen MR) is 55.8 cm³/mol. The largest absolute Gasteiger partial charge is 0.477 e. The molecule has 0 bridgehead atoms. The zero-order valence-corrected chi connectivity index (χ0v) is 8.84. The van der Waals surface area contributed by atoms with Crippen molar-refractivity contribution in [2.45, 2.75) is 0 Å². The molecule has 68 valence electrons. The van der Waals surface area contributed by atoms with E-state index in [4.69, 9.17) is 16.7 Å². The van der Waals surface area contributed by atoms with Crippen LogP contribution in [0.2, 0.25) is 0 Å². The Labute approximate surface area is 89.0 Å². The number of hydrogen-bond acceptors (Lipinski definition) is 1. The average molecular weight is 262 g/mol. The van der Waals surface area contributed by atoms with Gasteiger partial charge in [-0.3, -0.25) is 0 Å². The van der Waals surface area contributed by atoms with E-state index in [0.29, 0.717) is 5.56 Å². The molecule has 0 atom stereocenters. The minimum Gasteiger partial charge on any atom is -0.477 e. The fourth-order valence-corrected chi connectivity index (χ4v) is 1.24. The lowest BCUT2D eigenvalue weighted by Crippen LogP contribution is -1.95. The van der Waals surface area contributed by atoms with E-state index >= 15 is 0 Å². The first-order valence-electron chi connectivity index (χ1n) is 3.47. The van der Waals surface area contributed by atoms with Crippen LogP contribution in [0.1, 0.15) is 5.56 Å². The van der Waals surface area contributed by atoms with E-state index in [0.717, 1.165) is 0 Å². The van der Waals surface area contributed by atoms with Crippen LogP contribution in [0.5, 0.6) is 0 Å². The quantitative estimate of drug-likeness (QED) is 0.831. The van der Waals surface area contributed by atoms with Crippen molar-refractivity contribution in [2.24, 2.45) is 0 Å². The van der Waals surface area contributed by atoms with Gasteiger partial charge in [-0.05, 0) is 21.5 Å². The summed E-state index contributed by atoms with van der Waals surface area (Å²) in [6.07, 6.45) is 0. The van der Waals surface area contributed by atoms with Crippen LogP contribution in [0.25, 0.3) is 5.03 Å². The van der Waals surface area contributed by atoms with Gasteiger partial charge < -0.3 is 5.11 Å². The molecule has 4 heteroatoms. The Hall–Kier alpha value is -0.800. The third kappa shape index (κ3) is 2.57. The summed E-state index contributed by atoms with van der Waals surface area (Å²) in [5, 5.41) is 8.83. The Bertz CT molecular complexity index is 346. The summed E-state index contributed by atoms with van der Waals surface area (Å²) in [7, 11) is 0. The van der Waals surface area contributed by atoms with Gasteiger partial charge >= 0.3 is 5.97 Å². The first-order chi connectivity index (χ1) is 6.13. The van der Waals surface area contributed by atoms with E-state index in [1.165, 1.54) is 0 Å². The maximum Gasteiger partial charge on any atom is 0.344 e. The summed E-state index contributed by atoms with van der Waals surface area (Å²) in [5.41, 5.74) is 0.679. The number of aliphatic carboxylic acids is 1. The lowest BCUT2D eigenvalue weighted by atomic mass is 10.2. The van der Waals surface area contributed by atoms with Crippen LogP contribution >= 0.6 is 27.5 Å². The number of benzene rings is 1. The van der Waals surface area contributed by atoms with Crippen LogP contribution in [0.3, 0.4) is 0 Å². The zero-order chi connectivity index (χ0) is 9.84. The van der Waals surface area contributed by atoms with Crippen molar-refractivity contribution in [3.05, 3.63) is 40.4 Å². The lowest BCUT2D eigenvalue weighted by Gasteiger charge is -1.99. The monoisotopic (exact) mass is 260 g/mol. The van der Waals surface area contributed by atoms with Gasteiger partial charge in [0.1, 0.15) is 4.48 Å². The van der Waals surface area contributed by atoms with Gasteiger partial charge in [0.2, 0.25) is 0 Å². The van der Waals surface area contributed by atoms with Gasteiger partial charge in [0.05, 0.1) is 5.03 Å². The van der Waals surface area contributed by atoms with Crippen molar-refractivity contribution in [1.82, 2.24) is 0 Å². The van der Waals surface area contributed by atoms with Crippen LogP contribution in [0.4, 0.5) is 0 Å². The van der Waals surface area contributed by atoms with E-state index < -0.39 is 5.97 Å². The molecule has 1 rings (SSSR count). The van der Waals surface area contributed by atoms with Crippen LogP contribution in [-0.4, -0.2) is 11.1 Å². The molecule has 0 saturated heterocycles. The van der Waals surface area contributed by atoms with E-state index in [9.17, 15) is 4.79 Å². The first-order valence-corrected chi connectivity index (χ1v) is 4.64. The molecular weight excluding hydrogens is 255 g/mol. The van der Waals surface area contributed by atoms with Crippen LogP contribution < -0.4 is 0 Å². The van der Waals surface area contributed by atoms with Gasteiger partial charge in [0.15, 0.2) is 0 Å². The molecule has 1 aromatic carbocycles. The topological polar surface area (TPSA) is 37.3 Å². The molecule has 13 heavy (non-hydrogen) atoms. The molecule has 0 spiro atoms. The molecule has 0 heterocycles. The van der Waals surface area contributed by atoms with Crippen LogP contribution in [-0.2, 0) is 4.79 Å². The lowest BCUT2D eigenvalue weighted by molar-refractivity contribution is -0.131. The number of carboxylic acids is 1. The molecule has 0 aromatic heterocycles. The second-order valence-corrected chi connectivity index (χ2v) is 3.47. The fourth-order valence-electron chi connectivity index (χ4n) is 0.805. The van der Waals surface area contributed by atoms with Crippen molar-refractivity contribution in [3.8, 4) is 0 Å². The molecule has 0 radical (unpaired) electrons. The Morgan fingerprint density at radius 3 is 2.31 bits per heavy atom. The summed E-state index contributed by atoms with van der Waals surface area (Å²) >= 11 is 8.70. The maximum absolute atomic E-state index is 10.5. The van der Waals surface area contributed by atoms with Crippen LogP contribution in [0, 0.1) is 0 Å². The highest BCUT2D eigenvalue weighted by atomic mass is 79.9. The molecule has 0 aliphatic heterocycles. The average Bonchev–Trinajstić information content (AvgIpc) is 2.17. The zero-order valence-electron chi connectivity index (χ0n) is 6.50. The minimum absolute atomic E-state index is 0.0274. The molecule has 0 aliphatic rings. The molecule has 0 unspecified atom stereocenters. The van der Waals surface area contributed by atoms with E-state index in [-0.39, 0.29) is 9.51 Å². The Balaban J connectivity index is 3.11. The number of carboxylic acid groups (broad SMARTS) is 1.